The molecule has 1 aliphatic rings. The third-order valence-electron chi connectivity index (χ3n) is 5.13. The number of anilines is 1. The van der Waals surface area contributed by atoms with Crippen molar-refractivity contribution in [2.75, 3.05) is 18.4 Å². The number of fused-ring (bicyclic) bond motifs is 2. The molecule has 0 aromatic carbocycles. The molecule has 7 nitrogen and oxygen atoms in total. The zero-order valence-electron chi connectivity index (χ0n) is 17.2. The number of nitrogens with one attached hydrogen (secondary N) is 1. The zero-order valence-corrected chi connectivity index (χ0v) is 17.2. The number of hydrogen-bond donors (Lipinski definition) is 1. The molecular weight excluding hydrogens is 350 g/mol. The smallest absolute Gasteiger partial charge is 0.165 e. The van der Waals surface area contributed by atoms with E-state index < -0.39 is 0 Å². The van der Waals surface area contributed by atoms with E-state index in [-0.39, 0.29) is 0 Å². The number of aryl methyl sites for hydroxylation is 3. The summed E-state index contributed by atoms with van der Waals surface area (Å²) >= 11 is 0. The Morgan fingerprint density at radius 1 is 1.14 bits per heavy atom. The number of nitrogens with zero attached hydrogens (tertiary/aromatic N) is 6. The molecule has 3 aromatic heterocycles. The average Bonchev–Trinajstić information content (AvgIpc) is 2.91. The van der Waals surface area contributed by atoms with Crippen LogP contribution >= 0.6 is 0 Å². The summed E-state index contributed by atoms with van der Waals surface area (Å²) in [6.45, 7) is 13.5. The average molecular weight is 380 g/mol. The summed E-state index contributed by atoms with van der Waals surface area (Å²) in [5.74, 6) is 1.50. The first kappa shape index (κ1) is 18.8. The van der Waals surface area contributed by atoms with Gasteiger partial charge in [-0.3, -0.25) is 9.58 Å². The Morgan fingerprint density at radius 3 is 2.82 bits per heavy atom. The van der Waals surface area contributed by atoms with Gasteiger partial charge in [-0.05, 0) is 43.9 Å². The molecule has 4 heterocycles. The maximum Gasteiger partial charge on any atom is 0.165 e. The van der Waals surface area contributed by atoms with Gasteiger partial charge in [0.05, 0.1) is 23.3 Å². The molecule has 28 heavy (non-hydrogen) atoms. The maximum absolute atomic E-state index is 4.82. The number of rotatable bonds is 5. The third-order valence-corrected chi connectivity index (χ3v) is 5.13. The van der Waals surface area contributed by atoms with Gasteiger partial charge in [0, 0.05) is 31.9 Å². The van der Waals surface area contributed by atoms with Gasteiger partial charge in [-0.15, -0.1) is 0 Å². The molecule has 1 N–H and O–H groups in total. The highest BCUT2D eigenvalue weighted by Gasteiger charge is 2.17. The van der Waals surface area contributed by atoms with Crippen LogP contribution in [-0.2, 0) is 19.6 Å². The number of pyridine rings is 1. The molecule has 0 amide bonds. The maximum atomic E-state index is 4.82. The van der Waals surface area contributed by atoms with E-state index in [4.69, 9.17) is 5.10 Å². The van der Waals surface area contributed by atoms with Gasteiger partial charge < -0.3 is 5.32 Å². The summed E-state index contributed by atoms with van der Waals surface area (Å²) in [6, 6.07) is 4.29. The van der Waals surface area contributed by atoms with E-state index in [1.165, 1.54) is 5.69 Å². The van der Waals surface area contributed by atoms with Crippen LogP contribution in [0.3, 0.4) is 0 Å². The van der Waals surface area contributed by atoms with Crippen molar-refractivity contribution < 1.29 is 0 Å². The van der Waals surface area contributed by atoms with E-state index >= 15 is 0 Å². The van der Waals surface area contributed by atoms with Gasteiger partial charge in [0.2, 0.25) is 0 Å². The van der Waals surface area contributed by atoms with Crippen molar-refractivity contribution in [3.63, 3.8) is 0 Å². The molecule has 0 spiro atoms. The van der Waals surface area contributed by atoms with Crippen molar-refractivity contribution in [3.05, 3.63) is 41.1 Å². The molecule has 0 bridgehead atoms. The summed E-state index contributed by atoms with van der Waals surface area (Å²) in [7, 11) is 0. The monoisotopic (exact) mass is 379 g/mol. The molecule has 0 saturated carbocycles. The van der Waals surface area contributed by atoms with Crippen molar-refractivity contribution in [1.82, 2.24) is 29.6 Å². The van der Waals surface area contributed by atoms with Gasteiger partial charge in [-0.2, -0.15) is 5.10 Å². The third kappa shape index (κ3) is 3.99. The van der Waals surface area contributed by atoms with Gasteiger partial charge in [0.1, 0.15) is 12.1 Å². The molecule has 4 rings (SSSR count). The van der Waals surface area contributed by atoms with Crippen molar-refractivity contribution >= 4 is 16.9 Å². The number of aromatic nitrogens is 5. The first-order valence-electron chi connectivity index (χ1n) is 10.1. The largest absolute Gasteiger partial charge is 0.364 e. The van der Waals surface area contributed by atoms with Crippen LogP contribution < -0.4 is 5.32 Å². The highest BCUT2D eigenvalue weighted by Crippen LogP contribution is 2.23. The SMILES string of the molecule is Cc1cc(C)c2c(NCc3cc4n(n3)CCCN(CC(C)C)C4)ncnc2n1. The lowest BCUT2D eigenvalue weighted by atomic mass is 10.1. The fourth-order valence-electron chi connectivity index (χ4n) is 4.06. The van der Waals surface area contributed by atoms with Gasteiger partial charge in [-0.1, -0.05) is 13.8 Å². The molecule has 3 aromatic rings. The molecule has 0 atom stereocenters. The summed E-state index contributed by atoms with van der Waals surface area (Å²) in [6.07, 6.45) is 2.72. The lowest BCUT2D eigenvalue weighted by Gasteiger charge is -2.21. The van der Waals surface area contributed by atoms with Crippen LogP contribution in [0.15, 0.2) is 18.5 Å². The van der Waals surface area contributed by atoms with E-state index in [1.807, 2.05) is 6.92 Å². The van der Waals surface area contributed by atoms with Crippen molar-refractivity contribution in [1.29, 1.82) is 0 Å². The molecule has 0 fully saturated rings. The zero-order chi connectivity index (χ0) is 19.7. The quantitative estimate of drug-likeness (QED) is 0.733. The van der Waals surface area contributed by atoms with E-state index in [0.29, 0.717) is 12.5 Å². The molecule has 1 aliphatic heterocycles. The Balaban J connectivity index is 1.52. The lowest BCUT2D eigenvalue weighted by molar-refractivity contribution is 0.239. The summed E-state index contributed by atoms with van der Waals surface area (Å²) in [4.78, 5) is 15.8. The van der Waals surface area contributed by atoms with E-state index in [2.05, 4.69) is 62.8 Å². The second kappa shape index (κ2) is 7.83. The van der Waals surface area contributed by atoms with Crippen LogP contribution in [0.2, 0.25) is 0 Å². The first-order valence-corrected chi connectivity index (χ1v) is 10.1. The van der Waals surface area contributed by atoms with Crippen LogP contribution in [0, 0.1) is 19.8 Å². The molecule has 0 unspecified atom stereocenters. The van der Waals surface area contributed by atoms with Crippen LogP contribution in [-0.4, -0.2) is 42.7 Å². The Kier molecular flexibility index (Phi) is 5.26. The van der Waals surface area contributed by atoms with Crippen LogP contribution in [0.5, 0.6) is 0 Å². The predicted octanol–water partition coefficient (Wildman–Crippen LogP) is 3.31. The molecule has 0 radical (unpaired) electrons. The van der Waals surface area contributed by atoms with Gasteiger partial charge in [0.15, 0.2) is 5.65 Å². The first-order chi connectivity index (χ1) is 13.5. The molecule has 0 aliphatic carbocycles. The topological polar surface area (TPSA) is 71.8 Å². The molecule has 0 saturated heterocycles. The molecular formula is C21H29N7. The standard InChI is InChI=1S/C21H29N7/c1-14(2)11-27-6-5-7-28-18(12-27)9-17(26-28)10-22-20-19-15(3)8-16(4)25-21(19)24-13-23-20/h8-9,13-14H,5-7,10-12H2,1-4H3,(H,22,23,24,25). The van der Waals surface area contributed by atoms with Crippen LogP contribution in [0.25, 0.3) is 11.0 Å². The number of hydrogen-bond acceptors (Lipinski definition) is 6. The Labute approximate surface area is 166 Å². The molecule has 7 heteroatoms. The minimum absolute atomic E-state index is 0.642. The van der Waals surface area contributed by atoms with Gasteiger partial charge in [-0.25, -0.2) is 15.0 Å². The molecule has 148 valence electrons. The van der Waals surface area contributed by atoms with E-state index in [0.717, 1.165) is 66.4 Å². The van der Waals surface area contributed by atoms with Crippen molar-refractivity contribution in [2.24, 2.45) is 5.92 Å². The Hall–Kier alpha value is -2.54. The highest BCUT2D eigenvalue weighted by molar-refractivity contribution is 5.89. The fourth-order valence-corrected chi connectivity index (χ4v) is 4.06. The summed E-state index contributed by atoms with van der Waals surface area (Å²) < 4.78 is 2.17. The Morgan fingerprint density at radius 2 is 2.00 bits per heavy atom. The second-order valence-electron chi connectivity index (χ2n) is 8.19. The minimum atomic E-state index is 0.642. The second-order valence-corrected chi connectivity index (χ2v) is 8.19. The summed E-state index contributed by atoms with van der Waals surface area (Å²) in [5, 5.41) is 9.26. The summed E-state index contributed by atoms with van der Waals surface area (Å²) in [5.41, 5.74) is 5.19. The fraction of sp³-hybridized carbons (Fsp3) is 0.524. The highest BCUT2D eigenvalue weighted by atomic mass is 15.3. The van der Waals surface area contributed by atoms with Crippen LogP contribution in [0.4, 0.5) is 5.82 Å². The lowest BCUT2D eigenvalue weighted by Crippen LogP contribution is -2.27. The minimum Gasteiger partial charge on any atom is -0.364 e. The van der Waals surface area contributed by atoms with Gasteiger partial charge >= 0.3 is 0 Å². The van der Waals surface area contributed by atoms with Gasteiger partial charge in [0.25, 0.3) is 0 Å². The Bertz CT molecular complexity index is 976. The van der Waals surface area contributed by atoms with Crippen molar-refractivity contribution in [3.8, 4) is 0 Å². The predicted molar refractivity (Wildman–Crippen MR) is 111 cm³/mol. The van der Waals surface area contributed by atoms with Crippen molar-refractivity contribution in [2.45, 2.75) is 53.8 Å². The normalized spacial score (nSPS) is 15.0. The van der Waals surface area contributed by atoms with E-state index in [9.17, 15) is 0 Å². The van der Waals surface area contributed by atoms with Crippen LogP contribution in [0.1, 0.15) is 42.9 Å². The van der Waals surface area contributed by atoms with E-state index in [1.54, 1.807) is 6.33 Å².